The zero-order chi connectivity index (χ0) is 10.1. The summed E-state index contributed by atoms with van der Waals surface area (Å²) in [7, 11) is 3.58. The van der Waals surface area contributed by atoms with Gasteiger partial charge in [-0.15, -0.1) is 0 Å². The lowest BCUT2D eigenvalue weighted by molar-refractivity contribution is -0.129. The number of nitrogens with zero attached hydrogens (tertiary/aromatic N) is 2. The summed E-state index contributed by atoms with van der Waals surface area (Å²) in [5.41, 5.74) is 2.98. The van der Waals surface area contributed by atoms with Gasteiger partial charge in [-0.2, -0.15) is 5.48 Å². The monoisotopic (exact) mass is 199 g/mol. The van der Waals surface area contributed by atoms with Crippen LogP contribution in [-0.4, -0.2) is 62.1 Å². The minimum atomic E-state index is 0.172. The van der Waals surface area contributed by atoms with Gasteiger partial charge in [0, 0.05) is 33.1 Å². The zero-order valence-corrected chi connectivity index (χ0v) is 8.69. The predicted molar refractivity (Wildman–Crippen MR) is 51.5 cm³/mol. The molecule has 2 fully saturated rings. The summed E-state index contributed by atoms with van der Waals surface area (Å²) < 4.78 is 0. The summed E-state index contributed by atoms with van der Waals surface area (Å²) in [4.78, 5) is 20.4. The number of carbonyl (C=O) groups is 1. The Bertz CT molecular complexity index is 220. The molecule has 2 aliphatic rings. The topological polar surface area (TPSA) is 44.8 Å². The second-order valence-corrected chi connectivity index (χ2v) is 4.28. The molecule has 0 aromatic heterocycles. The second kappa shape index (κ2) is 3.84. The highest BCUT2D eigenvalue weighted by Gasteiger charge is 2.37. The van der Waals surface area contributed by atoms with Crippen molar-refractivity contribution in [3.05, 3.63) is 0 Å². The van der Waals surface area contributed by atoms with Crippen molar-refractivity contribution >= 4 is 5.91 Å². The third kappa shape index (κ3) is 1.89. The molecule has 5 nitrogen and oxygen atoms in total. The summed E-state index contributed by atoms with van der Waals surface area (Å²) >= 11 is 0. The van der Waals surface area contributed by atoms with E-state index in [1.54, 1.807) is 19.0 Å². The molecule has 0 unspecified atom stereocenters. The van der Waals surface area contributed by atoms with Gasteiger partial charge in [-0.25, -0.2) is 0 Å². The molecule has 0 spiro atoms. The smallest absolute Gasteiger partial charge is 0.236 e. The van der Waals surface area contributed by atoms with Crippen molar-refractivity contribution in [2.75, 3.05) is 40.3 Å². The van der Waals surface area contributed by atoms with Gasteiger partial charge in [0.2, 0.25) is 5.91 Å². The largest absolute Gasteiger partial charge is 0.348 e. The summed E-state index contributed by atoms with van der Waals surface area (Å²) in [6, 6.07) is 0.421. The van der Waals surface area contributed by atoms with Gasteiger partial charge in [0.05, 0.1) is 19.2 Å². The Kier molecular flexibility index (Phi) is 2.71. The Morgan fingerprint density at radius 3 is 3.00 bits per heavy atom. The minimum Gasteiger partial charge on any atom is -0.348 e. The van der Waals surface area contributed by atoms with Gasteiger partial charge in [0.1, 0.15) is 0 Å². The van der Waals surface area contributed by atoms with Crippen molar-refractivity contribution < 1.29 is 9.63 Å². The summed E-state index contributed by atoms with van der Waals surface area (Å²) in [5.74, 6) is 0.732. The van der Waals surface area contributed by atoms with Crippen LogP contribution < -0.4 is 5.48 Å². The number of hydrogen-bond donors (Lipinski definition) is 1. The van der Waals surface area contributed by atoms with Gasteiger partial charge < -0.3 is 9.74 Å². The van der Waals surface area contributed by atoms with Crippen molar-refractivity contribution in [1.29, 1.82) is 0 Å². The molecule has 80 valence electrons. The van der Waals surface area contributed by atoms with E-state index in [0.717, 1.165) is 19.7 Å². The van der Waals surface area contributed by atoms with Crippen LogP contribution in [0.5, 0.6) is 0 Å². The minimum absolute atomic E-state index is 0.172. The van der Waals surface area contributed by atoms with Gasteiger partial charge in [-0.1, -0.05) is 0 Å². The van der Waals surface area contributed by atoms with Gasteiger partial charge in [0.15, 0.2) is 0 Å². The molecule has 2 atom stereocenters. The van der Waals surface area contributed by atoms with Crippen molar-refractivity contribution in [2.24, 2.45) is 5.92 Å². The maximum atomic E-state index is 11.5. The maximum absolute atomic E-state index is 11.5. The number of carbonyl (C=O) groups excluding carboxylic acids is 1. The van der Waals surface area contributed by atoms with Crippen molar-refractivity contribution in [1.82, 2.24) is 15.3 Å². The third-order valence-corrected chi connectivity index (χ3v) is 2.91. The molecule has 0 aromatic rings. The predicted octanol–water partition coefficient (Wildman–Crippen LogP) is -1.09. The molecule has 0 radical (unpaired) electrons. The highest BCUT2D eigenvalue weighted by atomic mass is 16.7. The Balaban J connectivity index is 1.82. The standard InChI is InChI=1S/C9H17N3O2/c1-11(2)9(13)5-12-3-7-6-14-10-8(7)4-12/h7-8,10H,3-6H2,1-2H3/t7-,8+/m1/s1. The van der Waals surface area contributed by atoms with Gasteiger partial charge in [0.25, 0.3) is 0 Å². The van der Waals surface area contributed by atoms with E-state index in [4.69, 9.17) is 4.84 Å². The summed E-state index contributed by atoms with van der Waals surface area (Å²) in [5, 5.41) is 0. The van der Waals surface area contributed by atoms with Crippen LogP contribution in [0.15, 0.2) is 0 Å². The average molecular weight is 199 g/mol. The van der Waals surface area contributed by atoms with Crippen LogP contribution in [0.25, 0.3) is 0 Å². The van der Waals surface area contributed by atoms with E-state index < -0.39 is 0 Å². The molecular weight excluding hydrogens is 182 g/mol. The van der Waals surface area contributed by atoms with E-state index >= 15 is 0 Å². The Labute approximate surface area is 83.9 Å². The van der Waals surface area contributed by atoms with E-state index in [2.05, 4.69) is 10.4 Å². The van der Waals surface area contributed by atoms with E-state index in [1.165, 1.54) is 0 Å². The van der Waals surface area contributed by atoms with Gasteiger partial charge in [-0.3, -0.25) is 9.69 Å². The molecule has 1 amide bonds. The Hall–Kier alpha value is -0.650. The van der Waals surface area contributed by atoms with E-state index in [1.807, 2.05) is 0 Å². The van der Waals surface area contributed by atoms with E-state index in [-0.39, 0.29) is 5.91 Å². The number of nitrogens with one attached hydrogen (secondary N) is 1. The highest BCUT2D eigenvalue weighted by molar-refractivity contribution is 5.77. The molecule has 0 aliphatic carbocycles. The van der Waals surface area contributed by atoms with Crippen LogP contribution in [0.3, 0.4) is 0 Å². The zero-order valence-electron chi connectivity index (χ0n) is 8.69. The fraction of sp³-hybridized carbons (Fsp3) is 0.889. The molecule has 2 rings (SSSR count). The van der Waals surface area contributed by atoms with Crippen molar-refractivity contribution in [3.8, 4) is 0 Å². The summed E-state index contributed by atoms with van der Waals surface area (Å²) in [6.07, 6.45) is 0. The normalized spacial score (nSPS) is 31.9. The fourth-order valence-electron chi connectivity index (χ4n) is 1.99. The van der Waals surface area contributed by atoms with Crippen LogP contribution in [0.1, 0.15) is 0 Å². The fourth-order valence-corrected chi connectivity index (χ4v) is 1.99. The van der Waals surface area contributed by atoms with Crippen LogP contribution >= 0.6 is 0 Å². The quantitative estimate of drug-likeness (QED) is 0.614. The first-order valence-electron chi connectivity index (χ1n) is 4.96. The Morgan fingerprint density at radius 2 is 2.36 bits per heavy atom. The molecule has 14 heavy (non-hydrogen) atoms. The number of hydrogen-bond acceptors (Lipinski definition) is 4. The lowest BCUT2D eigenvalue weighted by Gasteiger charge is -2.18. The maximum Gasteiger partial charge on any atom is 0.236 e. The highest BCUT2D eigenvalue weighted by Crippen LogP contribution is 2.21. The molecule has 2 saturated heterocycles. The number of fused-ring (bicyclic) bond motifs is 1. The first-order chi connectivity index (χ1) is 6.66. The number of amides is 1. The third-order valence-electron chi connectivity index (χ3n) is 2.91. The molecule has 2 heterocycles. The molecule has 2 aliphatic heterocycles. The lowest BCUT2D eigenvalue weighted by atomic mass is 10.1. The van der Waals surface area contributed by atoms with Gasteiger partial charge >= 0.3 is 0 Å². The average Bonchev–Trinajstić information content (AvgIpc) is 2.63. The number of likely N-dealkylation sites (N-methyl/N-ethyl adjacent to an activating group) is 1. The number of hydroxylamine groups is 1. The van der Waals surface area contributed by atoms with Crippen LogP contribution in [0.2, 0.25) is 0 Å². The second-order valence-electron chi connectivity index (χ2n) is 4.28. The summed E-state index contributed by atoms with van der Waals surface area (Å²) in [6.45, 7) is 3.19. The first kappa shape index (κ1) is 9.89. The molecule has 5 heteroatoms. The molecule has 1 N–H and O–H groups in total. The van der Waals surface area contributed by atoms with Crippen LogP contribution in [0.4, 0.5) is 0 Å². The number of likely N-dealkylation sites (tertiary alicyclic amines) is 1. The van der Waals surface area contributed by atoms with E-state index in [9.17, 15) is 4.79 Å². The Morgan fingerprint density at radius 1 is 1.57 bits per heavy atom. The van der Waals surface area contributed by atoms with Crippen LogP contribution in [-0.2, 0) is 9.63 Å². The molecular formula is C9H17N3O2. The lowest BCUT2D eigenvalue weighted by Crippen LogP contribution is -2.37. The van der Waals surface area contributed by atoms with Crippen molar-refractivity contribution in [2.45, 2.75) is 6.04 Å². The SMILES string of the molecule is CN(C)C(=O)CN1C[C@@H]2CON[C@H]2C1. The first-order valence-corrected chi connectivity index (χ1v) is 4.96. The molecule has 0 bridgehead atoms. The molecule has 0 saturated carbocycles. The number of rotatable bonds is 2. The van der Waals surface area contributed by atoms with Crippen molar-refractivity contribution in [3.63, 3.8) is 0 Å². The molecule has 0 aromatic carbocycles. The van der Waals surface area contributed by atoms with Gasteiger partial charge in [-0.05, 0) is 0 Å². The van der Waals surface area contributed by atoms with Crippen LogP contribution in [0, 0.1) is 5.92 Å². The van der Waals surface area contributed by atoms with E-state index in [0.29, 0.717) is 18.5 Å².